The van der Waals surface area contributed by atoms with E-state index in [9.17, 15) is 9.90 Å². The van der Waals surface area contributed by atoms with Gasteiger partial charge in [-0.25, -0.2) is 4.68 Å². The molecule has 0 aliphatic carbocycles. The van der Waals surface area contributed by atoms with E-state index in [2.05, 4.69) is 41.1 Å². The van der Waals surface area contributed by atoms with E-state index in [-0.39, 0.29) is 18.6 Å². The molecule has 1 amide bonds. The SMILES string of the molecule is CCC(CO)N1CCN(CC(=O)Nc2cc(-c3ccc(C)cc3)nn2-c2ccccc2)CC1. The van der Waals surface area contributed by atoms with Crippen molar-refractivity contribution in [1.29, 1.82) is 0 Å². The lowest BCUT2D eigenvalue weighted by atomic mass is 10.1. The van der Waals surface area contributed by atoms with Crippen LogP contribution in [0.15, 0.2) is 60.7 Å². The van der Waals surface area contributed by atoms with Crippen LogP contribution in [-0.4, -0.2) is 76.0 Å². The Balaban J connectivity index is 1.46. The molecule has 7 nitrogen and oxygen atoms in total. The molecule has 1 fully saturated rings. The van der Waals surface area contributed by atoms with E-state index >= 15 is 0 Å². The first-order valence-corrected chi connectivity index (χ1v) is 11.7. The number of benzene rings is 2. The van der Waals surface area contributed by atoms with Crippen molar-refractivity contribution >= 4 is 11.7 Å². The number of carbonyl (C=O) groups is 1. The Hall–Kier alpha value is -3.00. The Labute approximate surface area is 195 Å². The summed E-state index contributed by atoms with van der Waals surface area (Å²) in [5.74, 6) is 0.608. The van der Waals surface area contributed by atoms with Crippen LogP contribution < -0.4 is 5.32 Å². The predicted octanol–water partition coefficient (Wildman–Crippen LogP) is 3.17. The van der Waals surface area contributed by atoms with E-state index < -0.39 is 0 Å². The Bertz CT molecular complexity index is 1040. The molecule has 2 N–H and O–H groups in total. The first kappa shape index (κ1) is 23.2. The summed E-state index contributed by atoms with van der Waals surface area (Å²) in [5.41, 5.74) is 3.92. The van der Waals surface area contributed by atoms with Crippen molar-refractivity contribution in [2.45, 2.75) is 26.3 Å². The Kier molecular flexibility index (Phi) is 7.54. The van der Waals surface area contributed by atoms with Crippen molar-refractivity contribution in [3.8, 4) is 16.9 Å². The molecule has 174 valence electrons. The zero-order valence-corrected chi connectivity index (χ0v) is 19.4. The summed E-state index contributed by atoms with van der Waals surface area (Å²) in [5, 5.41) is 17.4. The molecule has 2 heterocycles. The lowest BCUT2D eigenvalue weighted by Gasteiger charge is -2.38. The van der Waals surface area contributed by atoms with E-state index in [1.165, 1.54) is 5.56 Å². The molecule has 1 aliphatic heterocycles. The van der Waals surface area contributed by atoms with Crippen molar-refractivity contribution in [2.24, 2.45) is 0 Å². The summed E-state index contributed by atoms with van der Waals surface area (Å²) in [6, 6.07) is 20.2. The van der Waals surface area contributed by atoms with Crippen LogP contribution in [-0.2, 0) is 4.79 Å². The highest BCUT2D eigenvalue weighted by atomic mass is 16.3. The number of aliphatic hydroxyl groups excluding tert-OH is 1. The molecule has 1 aromatic heterocycles. The normalized spacial score (nSPS) is 16.0. The molecule has 33 heavy (non-hydrogen) atoms. The molecule has 1 unspecified atom stereocenters. The number of piperazine rings is 1. The minimum absolute atomic E-state index is 0.0508. The lowest BCUT2D eigenvalue weighted by molar-refractivity contribution is -0.117. The summed E-state index contributed by atoms with van der Waals surface area (Å²) in [7, 11) is 0. The van der Waals surface area contributed by atoms with Crippen molar-refractivity contribution in [2.75, 3.05) is 44.6 Å². The maximum atomic E-state index is 12.9. The van der Waals surface area contributed by atoms with E-state index in [0.29, 0.717) is 12.4 Å². The van der Waals surface area contributed by atoms with Crippen LogP contribution >= 0.6 is 0 Å². The number of aromatic nitrogens is 2. The summed E-state index contributed by atoms with van der Waals surface area (Å²) >= 11 is 0. The molecular formula is C26H33N5O2. The molecule has 1 saturated heterocycles. The van der Waals surface area contributed by atoms with E-state index in [4.69, 9.17) is 5.10 Å². The average Bonchev–Trinajstić information content (AvgIpc) is 3.25. The number of nitrogens with zero attached hydrogens (tertiary/aromatic N) is 4. The fraction of sp³-hybridized carbons (Fsp3) is 0.385. The van der Waals surface area contributed by atoms with Crippen molar-refractivity contribution < 1.29 is 9.90 Å². The van der Waals surface area contributed by atoms with E-state index in [1.54, 1.807) is 4.68 Å². The number of anilines is 1. The van der Waals surface area contributed by atoms with Gasteiger partial charge in [0.25, 0.3) is 0 Å². The number of nitrogens with one attached hydrogen (secondary N) is 1. The van der Waals surface area contributed by atoms with Gasteiger partial charge in [-0.1, -0.05) is 55.0 Å². The number of para-hydroxylation sites is 1. The lowest BCUT2D eigenvalue weighted by Crippen LogP contribution is -2.52. The van der Waals surface area contributed by atoms with Crippen LogP contribution in [0.25, 0.3) is 16.9 Å². The Morgan fingerprint density at radius 1 is 1.06 bits per heavy atom. The topological polar surface area (TPSA) is 73.6 Å². The predicted molar refractivity (Wildman–Crippen MR) is 132 cm³/mol. The minimum atomic E-state index is -0.0508. The van der Waals surface area contributed by atoms with Gasteiger partial charge in [0.2, 0.25) is 5.91 Å². The van der Waals surface area contributed by atoms with Crippen molar-refractivity contribution in [3.05, 3.63) is 66.2 Å². The zero-order chi connectivity index (χ0) is 23.2. The van der Waals surface area contributed by atoms with Gasteiger partial charge in [0, 0.05) is 43.9 Å². The number of aliphatic hydroxyl groups is 1. The highest BCUT2D eigenvalue weighted by Crippen LogP contribution is 2.25. The number of rotatable bonds is 8. The highest BCUT2D eigenvalue weighted by Gasteiger charge is 2.24. The first-order valence-electron chi connectivity index (χ1n) is 11.7. The molecule has 1 aliphatic rings. The molecule has 0 radical (unpaired) electrons. The van der Waals surface area contributed by atoms with Gasteiger partial charge in [0.15, 0.2) is 0 Å². The molecule has 0 spiro atoms. The fourth-order valence-corrected chi connectivity index (χ4v) is 4.28. The highest BCUT2D eigenvalue weighted by molar-refractivity contribution is 5.92. The molecule has 7 heteroatoms. The van der Waals surface area contributed by atoms with Crippen LogP contribution in [0.1, 0.15) is 18.9 Å². The summed E-state index contributed by atoms with van der Waals surface area (Å²) in [6.07, 6.45) is 0.934. The van der Waals surface area contributed by atoms with Gasteiger partial charge in [-0.2, -0.15) is 5.10 Å². The van der Waals surface area contributed by atoms with Crippen LogP contribution in [0.5, 0.6) is 0 Å². The number of amides is 1. The fourth-order valence-electron chi connectivity index (χ4n) is 4.28. The van der Waals surface area contributed by atoms with Crippen LogP contribution in [0.3, 0.4) is 0 Å². The van der Waals surface area contributed by atoms with E-state index in [0.717, 1.165) is 49.5 Å². The molecule has 1 atom stereocenters. The average molecular weight is 448 g/mol. The smallest absolute Gasteiger partial charge is 0.239 e. The molecular weight excluding hydrogens is 414 g/mol. The monoisotopic (exact) mass is 447 g/mol. The third-order valence-electron chi connectivity index (χ3n) is 6.30. The molecule has 4 rings (SSSR count). The second-order valence-electron chi connectivity index (χ2n) is 8.63. The van der Waals surface area contributed by atoms with Crippen molar-refractivity contribution in [3.63, 3.8) is 0 Å². The number of hydrogen-bond acceptors (Lipinski definition) is 5. The van der Waals surface area contributed by atoms with E-state index in [1.807, 2.05) is 48.5 Å². The largest absolute Gasteiger partial charge is 0.395 e. The Morgan fingerprint density at radius 3 is 2.39 bits per heavy atom. The van der Waals surface area contributed by atoms with Gasteiger partial charge >= 0.3 is 0 Å². The summed E-state index contributed by atoms with van der Waals surface area (Å²) < 4.78 is 1.79. The first-order chi connectivity index (χ1) is 16.1. The third-order valence-corrected chi connectivity index (χ3v) is 6.30. The molecule has 2 aromatic carbocycles. The van der Waals surface area contributed by atoms with Crippen LogP contribution in [0, 0.1) is 6.92 Å². The number of hydrogen-bond donors (Lipinski definition) is 2. The van der Waals surface area contributed by atoms with Crippen LogP contribution in [0.2, 0.25) is 0 Å². The molecule has 0 saturated carbocycles. The standard InChI is InChI=1S/C26H33N5O2/c1-3-22(19-32)30-15-13-29(14-16-30)18-26(33)27-25-17-24(21-11-9-20(2)10-12-21)28-31(25)23-7-5-4-6-8-23/h4-12,17,22,32H,3,13-16,18-19H2,1-2H3,(H,27,33). The second kappa shape index (κ2) is 10.7. The number of carbonyl (C=O) groups excluding carboxylic acids is 1. The maximum absolute atomic E-state index is 12.9. The molecule has 3 aromatic rings. The third kappa shape index (κ3) is 5.68. The Morgan fingerprint density at radius 2 is 1.76 bits per heavy atom. The zero-order valence-electron chi connectivity index (χ0n) is 19.4. The van der Waals surface area contributed by atoms with Gasteiger partial charge < -0.3 is 10.4 Å². The van der Waals surface area contributed by atoms with Crippen molar-refractivity contribution in [1.82, 2.24) is 19.6 Å². The van der Waals surface area contributed by atoms with Gasteiger partial charge in [-0.05, 0) is 25.5 Å². The molecule has 0 bridgehead atoms. The summed E-state index contributed by atoms with van der Waals surface area (Å²) in [6.45, 7) is 8.05. The van der Waals surface area contributed by atoms with Gasteiger partial charge in [-0.15, -0.1) is 0 Å². The quantitative estimate of drug-likeness (QED) is 0.555. The van der Waals surface area contributed by atoms with Gasteiger partial charge in [-0.3, -0.25) is 14.6 Å². The summed E-state index contributed by atoms with van der Waals surface area (Å²) in [4.78, 5) is 17.4. The van der Waals surface area contributed by atoms with Crippen LogP contribution in [0.4, 0.5) is 5.82 Å². The minimum Gasteiger partial charge on any atom is -0.395 e. The second-order valence-corrected chi connectivity index (χ2v) is 8.63. The van der Waals surface area contributed by atoms with Gasteiger partial charge in [0.1, 0.15) is 5.82 Å². The number of aryl methyl sites for hydroxylation is 1. The van der Waals surface area contributed by atoms with Gasteiger partial charge in [0.05, 0.1) is 24.5 Å². The maximum Gasteiger partial charge on any atom is 0.239 e.